The van der Waals surface area contributed by atoms with E-state index in [1.165, 1.54) is 18.7 Å². The average molecular weight is 220 g/mol. The largest absolute Gasteiger partial charge is 0.481 e. The maximum Gasteiger partial charge on any atom is 0.307 e. The van der Waals surface area contributed by atoms with Crippen LogP contribution in [0.15, 0.2) is 0 Å². The molecule has 74 valence electrons. The highest BCUT2D eigenvalue weighted by molar-refractivity contribution is 8.13. The third kappa shape index (κ3) is 3.23. The number of rotatable bonds is 3. The van der Waals surface area contributed by atoms with E-state index in [0.29, 0.717) is 11.5 Å². The summed E-state index contributed by atoms with van der Waals surface area (Å²) in [5.41, 5.74) is 0. The Morgan fingerprint density at radius 1 is 1.54 bits per heavy atom. The van der Waals surface area contributed by atoms with E-state index in [-0.39, 0.29) is 17.0 Å². The first kappa shape index (κ1) is 10.9. The van der Waals surface area contributed by atoms with Gasteiger partial charge in [-0.15, -0.1) is 0 Å². The van der Waals surface area contributed by atoms with E-state index in [4.69, 9.17) is 5.11 Å². The predicted octanol–water partition coefficient (Wildman–Crippen LogP) is 1.33. The summed E-state index contributed by atoms with van der Waals surface area (Å²) < 4.78 is 0. The second-order valence-corrected chi connectivity index (χ2v) is 5.32. The Balaban J connectivity index is 2.39. The van der Waals surface area contributed by atoms with Crippen molar-refractivity contribution in [1.29, 1.82) is 0 Å². The van der Waals surface area contributed by atoms with Gasteiger partial charge in [0.1, 0.15) is 0 Å². The van der Waals surface area contributed by atoms with Crippen LogP contribution in [0.5, 0.6) is 0 Å². The normalized spacial score (nSPS) is 27.5. The van der Waals surface area contributed by atoms with Crippen molar-refractivity contribution < 1.29 is 14.7 Å². The van der Waals surface area contributed by atoms with Crippen molar-refractivity contribution in [3.05, 3.63) is 0 Å². The van der Waals surface area contributed by atoms with Gasteiger partial charge < -0.3 is 5.11 Å². The minimum absolute atomic E-state index is 0.0704. The molecular weight excluding hydrogens is 208 g/mol. The van der Waals surface area contributed by atoms with Crippen LogP contribution in [-0.4, -0.2) is 33.4 Å². The maximum atomic E-state index is 10.7. The fourth-order valence-corrected chi connectivity index (χ4v) is 3.67. The third-order valence-electron chi connectivity index (χ3n) is 2.02. The smallest absolute Gasteiger partial charge is 0.307 e. The van der Waals surface area contributed by atoms with Crippen molar-refractivity contribution in [2.24, 2.45) is 11.8 Å². The van der Waals surface area contributed by atoms with Crippen LogP contribution < -0.4 is 0 Å². The van der Waals surface area contributed by atoms with Gasteiger partial charge in [-0.3, -0.25) is 9.59 Å². The summed E-state index contributed by atoms with van der Waals surface area (Å²) in [5, 5.41) is 8.91. The number of hydrogen-bond acceptors (Lipinski definition) is 4. The maximum absolute atomic E-state index is 10.7. The Morgan fingerprint density at radius 2 is 2.23 bits per heavy atom. The third-order valence-corrected chi connectivity index (χ3v) is 4.28. The second-order valence-electron chi connectivity index (χ2n) is 3.04. The first-order chi connectivity index (χ1) is 6.11. The SMILES string of the molecule is CC(=O)SC[C@H]1CSC[C@@H]1C(=O)O. The molecule has 0 aliphatic carbocycles. The molecule has 1 saturated heterocycles. The Labute approximate surface area is 85.7 Å². The summed E-state index contributed by atoms with van der Waals surface area (Å²) >= 11 is 2.90. The minimum atomic E-state index is -0.723. The van der Waals surface area contributed by atoms with E-state index in [0.717, 1.165) is 5.75 Å². The number of carbonyl (C=O) groups is 2. The molecule has 0 spiro atoms. The van der Waals surface area contributed by atoms with Crippen molar-refractivity contribution >= 4 is 34.6 Å². The summed E-state index contributed by atoms with van der Waals surface area (Å²) in [4.78, 5) is 21.4. The van der Waals surface area contributed by atoms with Crippen LogP contribution in [0.2, 0.25) is 0 Å². The average Bonchev–Trinajstić information content (AvgIpc) is 2.47. The van der Waals surface area contributed by atoms with E-state index in [2.05, 4.69) is 0 Å². The molecule has 0 aromatic carbocycles. The van der Waals surface area contributed by atoms with Gasteiger partial charge in [0.05, 0.1) is 5.92 Å². The standard InChI is InChI=1S/C8H12O3S2/c1-5(9)13-3-6-2-12-4-7(6)8(10)11/h6-7H,2-4H2,1H3,(H,10,11)/t6-,7+/m1/s1. The lowest BCUT2D eigenvalue weighted by Gasteiger charge is -2.12. The van der Waals surface area contributed by atoms with Crippen LogP contribution in [0.1, 0.15) is 6.92 Å². The molecule has 0 radical (unpaired) electrons. The van der Waals surface area contributed by atoms with Gasteiger partial charge in [-0.25, -0.2) is 0 Å². The van der Waals surface area contributed by atoms with E-state index in [1.54, 1.807) is 11.8 Å². The van der Waals surface area contributed by atoms with Crippen molar-refractivity contribution in [2.45, 2.75) is 6.92 Å². The molecule has 1 fully saturated rings. The van der Waals surface area contributed by atoms with Crippen molar-refractivity contribution in [3.63, 3.8) is 0 Å². The van der Waals surface area contributed by atoms with Gasteiger partial charge >= 0.3 is 5.97 Å². The first-order valence-electron chi connectivity index (χ1n) is 4.05. The first-order valence-corrected chi connectivity index (χ1v) is 6.19. The molecule has 0 bridgehead atoms. The van der Waals surface area contributed by atoms with Crippen LogP contribution in [-0.2, 0) is 9.59 Å². The van der Waals surface area contributed by atoms with Crippen molar-refractivity contribution in [2.75, 3.05) is 17.3 Å². The molecular formula is C8H12O3S2. The van der Waals surface area contributed by atoms with E-state index < -0.39 is 5.97 Å². The van der Waals surface area contributed by atoms with Gasteiger partial charge in [0.15, 0.2) is 5.12 Å². The molecule has 3 nitrogen and oxygen atoms in total. The summed E-state index contributed by atoms with van der Waals surface area (Å²) in [6, 6.07) is 0. The zero-order valence-electron chi connectivity index (χ0n) is 7.36. The topological polar surface area (TPSA) is 54.4 Å². The van der Waals surface area contributed by atoms with Gasteiger partial charge in [-0.2, -0.15) is 11.8 Å². The fraction of sp³-hybridized carbons (Fsp3) is 0.750. The number of carbonyl (C=O) groups excluding carboxylic acids is 1. The molecule has 1 heterocycles. The van der Waals surface area contributed by atoms with Gasteiger partial charge in [0, 0.05) is 18.4 Å². The zero-order chi connectivity index (χ0) is 9.84. The minimum Gasteiger partial charge on any atom is -0.481 e. The number of carboxylic acids is 1. The Morgan fingerprint density at radius 3 is 2.77 bits per heavy atom. The van der Waals surface area contributed by atoms with Gasteiger partial charge in [-0.1, -0.05) is 11.8 Å². The van der Waals surface area contributed by atoms with Crippen LogP contribution >= 0.6 is 23.5 Å². The zero-order valence-corrected chi connectivity index (χ0v) is 8.99. The molecule has 2 atom stereocenters. The summed E-state index contributed by atoms with van der Waals surface area (Å²) in [6.45, 7) is 1.52. The Bertz CT molecular complexity index is 217. The molecule has 0 aromatic heterocycles. The van der Waals surface area contributed by atoms with Crippen molar-refractivity contribution in [3.8, 4) is 0 Å². The number of aliphatic carboxylic acids is 1. The molecule has 0 aromatic rings. The molecule has 1 aliphatic heterocycles. The molecule has 1 N–H and O–H groups in total. The number of hydrogen-bond donors (Lipinski definition) is 1. The van der Waals surface area contributed by atoms with Gasteiger partial charge in [0.2, 0.25) is 0 Å². The fourth-order valence-electron chi connectivity index (χ4n) is 1.26. The van der Waals surface area contributed by atoms with E-state index >= 15 is 0 Å². The summed E-state index contributed by atoms with van der Waals surface area (Å²) in [7, 11) is 0. The molecule has 13 heavy (non-hydrogen) atoms. The molecule has 5 heteroatoms. The molecule has 0 saturated carbocycles. The molecule has 0 unspecified atom stereocenters. The van der Waals surface area contributed by atoms with Crippen LogP contribution in [0, 0.1) is 11.8 Å². The quantitative estimate of drug-likeness (QED) is 0.777. The predicted molar refractivity (Wildman–Crippen MR) is 55.1 cm³/mol. The van der Waals surface area contributed by atoms with Gasteiger partial charge in [-0.05, 0) is 11.7 Å². The van der Waals surface area contributed by atoms with Crippen LogP contribution in [0.3, 0.4) is 0 Å². The van der Waals surface area contributed by atoms with Crippen molar-refractivity contribution in [1.82, 2.24) is 0 Å². The lowest BCUT2D eigenvalue weighted by molar-refractivity contribution is -0.141. The molecule has 1 rings (SSSR count). The number of thioether (sulfide) groups is 2. The van der Waals surface area contributed by atoms with Crippen LogP contribution in [0.4, 0.5) is 0 Å². The monoisotopic (exact) mass is 220 g/mol. The molecule has 0 amide bonds. The second kappa shape index (κ2) is 4.91. The van der Waals surface area contributed by atoms with Crippen LogP contribution in [0.25, 0.3) is 0 Å². The van der Waals surface area contributed by atoms with E-state index in [1.807, 2.05) is 0 Å². The highest BCUT2D eigenvalue weighted by atomic mass is 32.2. The lowest BCUT2D eigenvalue weighted by Crippen LogP contribution is -2.23. The summed E-state index contributed by atoms with van der Waals surface area (Å²) in [5.74, 6) is 1.40. The van der Waals surface area contributed by atoms with Gasteiger partial charge in [0.25, 0.3) is 0 Å². The highest BCUT2D eigenvalue weighted by Crippen LogP contribution is 2.32. The Kier molecular flexibility index (Phi) is 4.12. The molecule has 1 aliphatic rings. The highest BCUT2D eigenvalue weighted by Gasteiger charge is 2.33. The number of carboxylic acid groups (broad SMARTS) is 1. The Hall–Kier alpha value is -0.160. The van der Waals surface area contributed by atoms with E-state index in [9.17, 15) is 9.59 Å². The summed E-state index contributed by atoms with van der Waals surface area (Å²) in [6.07, 6.45) is 0. The lowest BCUT2D eigenvalue weighted by atomic mass is 9.98.